The maximum atomic E-state index is 5.49. The van der Waals surface area contributed by atoms with Crippen LogP contribution in [0.4, 0.5) is 5.69 Å². The Kier molecular flexibility index (Phi) is 3.29. The standard InChI is InChI=1S/C12H13BrN2O/c1-8-10(4-3-7-14-8)15-9(2)11-5-6-12(13)16-11/h3-7,9,15H,1-2H3. The second kappa shape index (κ2) is 4.70. The van der Waals surface area contributed by atoms with Crippen molar-refractivity contribution in [2.75, 3.05) is 5.32 Å². The first kappa shape index (κ1) is 11.2. The Hall–Kier alpha value is -1.29. The van der Waals surface area contributed by atoms with Gasteiger partial charge in [0.15, 0.2) is 4.67 Å². The third-order valence-electron chi connectivity index (χ3n) is 2.40. The fourth-order valence-corrected chi connectivity index (χ4v) is 1.82. The second-order valence-electron chi connectivity index (χ2n) is 3.64. The predicted molar refractivity (Wildman–Crippen MR) is 67.4 cm³/mol. The Bertz CT molecular complexity index is 481. The molecule has 84 valence electrons. The van der Waals surface area contributed by atoms with Crippen LogP contribution in [0.3, 0.4) is 0 Å². The van der Waals surface area contributed by atoms with E-state index in [4.69, 9.17) is 4.42 Å². The minimum Gasteiger partial charge on any atom is -0.452 e. The summed E-state index contributed by atoms with van der Waals surface area (Å²) >= 11 is 3.29. The lowest BCUT2D eigenvalue weighted by atomic mass is 10.2. The number of pyridine rings is 1. The number of nitrogens with zero attached hydrogens (tertiary/aromatic N) is 1. The summed E-state index contributed by atoms with van der Waals surface area (Å²) in [6.45, 7) is 4.03. The lowest BCUT2D eigenvalue weighted by Gasteiger charge is -2.14. The fourth-order valence-electron chi connectivity index (χ4n) is 1.50. The topological polar surface area (TPSA) is 38.1 Å². The highest BCUT2D eigenvalue weighted by atomic mass is 79.9. The summed E-state index contributed by atoms with van der Waals surface area (Å²) < 4.78 is 6.24. The summed E-state index contributed by atoms with van der Waals surface area (Å²) in [6.07, 6.45) is 1.79. The molecule has 0 aliphatic heterocycles. The van der Waals surface area contributed by atoms with Crippen molar-refractivity contribution < 1.29 is 4.42 Å². The van der Waals surface area contributed by atoms with Crippen LogP contribution < -0.4 is 5.32 Å². The molecule has 2 aromatic heterocycles. The lowest BCUT2D eigenvalue weighted by molar-refractivity contribution is 0.471. The average Bonchev–Trinajstić information content (AvgIpc) is 2.68. The molecule has 2 rings (SSSR count). The van der Waals surface area contributed by atoms with Gasteiger partial charge in [0.25, 0.3) is 0 Å². The molecule has 0 fully saturated rings. The Morgan fingerprint density at radius 3 is 2.81 bits per heavy atom. The summed E-state index contributed by atoms with van der Waals surface area (Å²) in [4.78, 5) is 4.23. The smallest absolute Gasteiger partial charge is 0.169 e. The molecule has 0 radical (unpaired) electrons. The van der Waals surface area contributed by atoms with Crippen LogP contribution in [0.2, 0.25) is 0 Å². The van der Waals surface area contributed by atoms with Gasteiger partial charge in [-0.2, -0.15) is 0 Å². The Labute approximate surface area is 103 Å². The Morgan fingerprint density at radius 2 is 2.19 bits per heavy atom. The van der Waals surface area contributed by atoms with E-state index in [1.54, 1.807) is 6.20 Å². The number of nitrogens with one attached hydrogen (secondary N) is 1. The van der Waals surface area contributed by atoms with Crippen LogP contribution in [0.1, 0.15) is 24.4 Å². The van der Waals surface area contributed by atoms with Crippen LogP contribution >= 0.6 is 15.9 Å². The third kappa shape index (κ3) is 2.44. The van der Waals surface area contributed by atoms with Gasteiger partial charge >= 0.3 is 0 Å². The maximum absolute atomic E-state index is 5.49. The number of hydrogen-bond acceptors (Lipinski definition) is 3. The highest BCUT2D eigenvalue weighted by Gasteiger charge is 2.10. The van der Waals surface area contributed by atoms with E-state index in [0.717, 1.165) is 21.8 Å². The van der Waals surface area contributed by atoms with Gasteiger partial charge in [-0.25, -0.2) is 0 Å². The molecule has 2 aromatic rings. The van der Waals surface area contributed by atoms with Crippen LogP contribution in [-0.2, 0) is 0 Å². The van der Waals surface area contributed by atoms with Crippen LogP contribution in [-0.4, -0.2) is 4.98 Å². The zero-order valence-electron chi connectivity index (χ0n) is 9.20. The molecule has 0 saturated carbocycles. The van der Waals surface area contributed by atoms with Gasteiger partial charge in [0, 0.05) is 6.20 Å². The summed E-state index contributed by atoms with van der Waals surface area (Å²) in [5.41, 5.74) is 2.02. The molecular weight excluding hydrogens is 268 g/mol. The number of rotatable bonds is 3. The fraction of sp³-hybridized carbons (Fsp3) is 0.250. The molecule has 0 aliphatic rings. The van der Waals surface area contributed by atoms with Gasteiger partial charge < -0.3 is 9.73 Å². The molecule has 0 bridgehead atoms. The average molecular weight is 281 g/mol. The third-order valence-corrected chi connectivity index (χ3v) is 2.83. The van der Waals surface area contributed by atoms with Gasteiger partial charge in [-0.05, 0) is 54.0 Å². The molecule has 0 aliphatic carbocycles. The van der Waals surface area contributed by atoms with E-state index >= 15 is 0 Å². The van der Waals surface area contributed by atoms with Gasteiger partial charge in [-0.1, -0.05) is 0 Å². The van der Waals surface area contributed by atoms with Crippen molar-refractivity contribution in [3.8, 4) is 0 Å². The van der Waals surface area contributed by atoms with Crippen molar-refractivity contribution in [2.24, 2.45) is 0 Å². The first-order valence-electron chi connectivity index (χ1n) is 5.10. The SMILES string of the molecule is Cc1ncccc1NC(C)c1ccc(Br)o1. The van der Waals surface area contributed by atoms with Gasteiger partial charge in [-0.15, -0.1) is 0 Å². The first-order valence-corrected chi connectivity index (χ1v) is 5.89. The van der Waals surface area contributed by atoms with Crippen LogP contribution in [0.25, 0.3) is 0 Å². The molecule has 16 heavy (non-hydrogen) atoms. The number of aromatic nitrogens is 1. The van der Waals surface area contributed by atoms with E-state index < -0.39 is 0 Å². The molecule has 1 unspecified atom stereocenters. The van der Waals surface area contributed by atoms with Gasteiger partial charge in [-0.3, -0.25) is 4.98 Å². The van der Waals surface area contributed by atoms with Crippen molar-refractivity contribution in [3.63, 3.8) is 0 Å². The minimum atomic E-state index is 0.120. The van der Waals surface area contributed by atoms with E-state index in [2.05, 4.69) is 33.2 Å². The van der Waals surface area contributed by atoms with E-state index in [1.165, 1.54) is 0 Å². The van der Waals surface area contributed by atoms with Gasteiger partial charge in [0.1, 0.15) is 5.76 Å². The number of halogens is 1. The zero-order chi connectivity index (χ0) is 11.5. The highest BCUT2D eigenvalue weighted by Crippen LogP contribution is 2.24. The van der Waals surface area contributed by atoms with E-state index in [1.807, 2.05) is 31.2 Å². The first-order chi connectivity index (χ1) is 7.66. The Balaban J connectivity index is 2.13. The summed E-state index contributed by atoms with van der Waals surface area (Å²) in [7, 11) is 0. The molecular formula is C12H13BrN2O. The van der Waals surface area contributed by atoms with Crippen molar-refractivity contribution in [2.45, 2.75) is 19.9 Å². The molecule has 0 amide bonds. The normalized spacial score (nSPS) is 12.4. The summed E-state index contributed by atoms with van der Waals surface area (Å²) in [6, 6.07) is 7.89. The van der Waals surface area contributed by atoms with E-state index in [0.29, 0.717) is 0 Å². The lowest BCUT2D eigenvalue weighted by Crippen LogP contribution is -2.07. The maximum Gasteiger partial charge on any atom is 0.169 e. The van der Waals surface area contributed by atoms with E-state index in [-0.39, 0.29) is 6.04 Å². The van der Waals surface area contributed by atoms with Gasteiger partial charge in [0.2, 0.25) is 0 Å². The number of anilines is 1. The van der Waals surface area contributed by atoms with Crippen LogP contribution in [0.5, 0.6) is 0 Å². The molecule has 1 N–H and O–H groups in total. The van der Waals surface area contributed by atoms with Gasteiger partial charge in [0.05, 0.1) is 17.4 Å². The zero-order valence-corrected chi connectivity index (χ0v) is 10.8. The van der Waals surface area contributed by atoms with Crippen molar-refractivity contribution >= 4 is 21.6 Å². The summed E-state index contributed by atoms with van der Waals surface area (Å²) in [5, 5.41) is 3.36. The molecule has 0 spiro atoms. The Morgan fingerprint density at radius 1 is 1.38 bits per heavy atom. The molecule has 2 heterocycles. The molecule has 4 heteroatoms. The van der Waals surface area contributed by atoms with Crippen LogP contribution in [0.15, 0.2) is 39.5 Å². The van der Waals surface area contributed by atoms with E-state index in [9.17, 15) is 0 Å². The predicted octanol–water partition coefficient (Wildman–Crippen LogP) is 3.92. The largest absolute Gasteiger partial charge is 0.452 e. The molecule has 3 nitrogen and oxygen atoms in total. The van der Waals surface area contributed by atoms with Crippen LogP contribution in [0, 0.1) is 6.92 Å². The monoisotopic (exact) mass is 280 g/mol. The quantitative estimate of drug-likeness (QED) is 0.926. The number of aryl methyl sites for hydroxylation is 1. The second-order valence-corrected chi connectivity index (χ2v) is 4.43. The molecule has 1 atom stereocenters. The number of hydrogen-bond donors (Lipinski definition) is 1. The van der Waals surface area contributed by atoms with Crippen molar-refractivity contribution in [1.82, 2.24) is 4.98 Å². The molecule has 0 saturated heterocycles. The number of furan rings is 1. The van der Waals surface area contributed by atoms with Crippen molar-refractivity contribution in [3.05, 3.63) is 46.6 Å². The molecule has 0 aromatic carbocycles. The summed E-state index contributed by atoms with van der Waals surface area (Å²) in [5.74, 6) is 0.898. The highest BCUT2D eigenvalue weighted by molar-refractivity contribution is 9.10. The van der Waals surface area contributed by atoms with Crippen molar-refractivity contribution in [1.29, 1.82) is 0 Å². The minimum absolute atomic E-state index is 0.120.